The molecule has 0 atom stereocenters. The topological polar surface area (TPSA) is 28.2 Å². The molecule has 106 valence electrons. The second-order valence-corrected chi connectivity index (χ2v) is 6.13. The van der Waals surface area contributed by atoms with E-state index in [9.17, 15) is 0 Å². The predicted molar refractivity (Wildman–Crippen MR) is 83.5 cm³/mol. The van der Waals surface area contributed by atoms with E-state index in [4.69, 9.17) is 4.98 Å². The van der Waals surface area contributed by atoms with Gasteiger partial charge in [-0.15, -0.1) is 6.58 Å². The number of nitrogens with one attached hydrogen (secondary N) is 1. The van der Waals surface area contributed by atoms with Crippen molar-refractivity contribution in [2.45, 2.75) is 52.7 Å². The molecule has 19 heavy (non-hydrogen) atoms. The fraction of sp³-hybridized carbons (Fsp3) is 0.562. The molecule has 0 spiro atoms. The van der Waals surface area contributed by atoms with Gasteiger partial charge in [-0.1, -0.05) is 12.1 Å². The molecule has 0 fully saturated rings. The Bertz CT molecular complexity index is 405. The molecule has 0 amide bonds. The number of nitrogens with zero attached hydrogens (tertiary/aromatic N) is 2. The molecule has 0 aliphatic heterocycles. The highest BCUT2D eigenvalue weighted by atomic mass is 15.2. The van der Waals surface area contributed by atoms with Crippen molar-refractivity contribution in [1.82, 2.24) is 10.3 Å². The van der Waals surface area contributed by atoms with Crippen LogP contribution in [-0.4, -0.2) is 23.1 Å². The minimum Gasteiger partial charge on any atom is -0.350 e. The standard InChI is InChI=1S/C16H27N3/c1-7-11-19(13(2)3)15-10-8-9-14(18-15)12-17-16(4,5)6/h7-10,13,17H,1,11-12H2,2-6H3. The van der Waals surface area contributed by atoms with Gasteiger partial charge in [-0.05, 0) is 46.8 Å². The van der Waals surface area contributed by atoms with Crippen molar-refractivity contribution >= 4 is 5.82 Å². The lowest BCUT2D eigenvalue weighted by atomic mass is 10.1. The molecular weight excluding hydrogens is 234 g/mol. The Balaban J connectivity index is 2.83. The van der Waals surface area contributed by atoms with Gasteiger partial charge in [0.05, 0.1) is 5.69 Å². The molecule has 3 heteroatoms. The van der Waals surface area contributed by atoms with E-state index >= 15 is 0 Å². The summed E-state index contributed by atoms with van der Waals surface area (Å²) in [5, 5.41) is 3.46. The van der Waals surface area contributed by atoms with Crippen LogP contribution in [0.25, 0.3) is 0 Å². The van der Waals surface area contributed by atoms with Gasteiger partial charge < -0.3 is 10.2 Å². The Morgan fingerprint density at radius 2 is 2.05 bits per heavy atom. The lowest BCUT2D eigenvalue weighted by Crippen LogP contribution is -2.36. The molecule has 3 nitrogen and oxygen atoms in total. The normalized spacial score (nSPS) is 11.7. The summed E-state index contributed by atoms with van der Waals surface area (Å²) in [5.41, 5.74) is 1.18. The van der Waals surface area contributed by atoms with Gasteiger partial charge in [0, 0.05) is 24.7 Å². The molecule has 1 aromatic rings. The first-order valence-electron chi connectivity index (χ1n) is 6.92. The van der Waals surface area contributed by atoms with Crippen molar-refractivity contribution in [3.8, 4) is 0 Å². The van der Waals surface area contributed by atoms with Crippen LogP contribution in [0.2, 0.25) is 0 Å². The van der Waals surface area contributed by atoms with Gasteiger partial charge in [-0.25, -0.2) is 4.98 Å². The molecule has 0 bridgehead atoms. The molecule has 0 saturated heterocycles. The van der Waals surface area contributed by atoms with Crippen LogP contribution in [0.1, 0.15) is 40.3 Å². The zero-order valence-corrected chi connectivity index (χ0v) is 12.9. The van der Waals surface area contributed by atoms with E-state index < -0.39 is 0 Å². The SMILES string of the molecule is C=CCN(c1cccc(CNC(C)(C)C)n1)C(C)C. The molecule has 1 N–H and O–H groups in total. The Kier molecular flexibility index (Phi) is 5.55. The third-order valence-corrected chi connectivity index (χ3v) is 2.84. The Labute approximate surface area is 117 Å². The third kappa shape index (κ3) is 5.43. The van der Waals surface area contributed by atoms with Crippen LogP contribution in [-0.2, 0) is 6.54 Å². The number of hydrogen-bond acceptors (Lipinski definition) is 3. The van der Waals surface area contributed by atoms with E-state index in [2.05, 4.69) is 69.6 Å². The average Bonchev–Trinajstić information content (AvgIpc) is 2.32. The number of pyridine rings is 1. The van der Waals surface area contributed by atoms with E-state index in [1.165, 1.54) is 0 Å². The van der Waals surface area contributed by atoms with Crippen LogP contribution in [0, 0.1) is 0 Å². The summed E-state index contributed by atoms with van der Waals surface area (Å²) in [5.74, 6) is 1.02. The molecule has 1 aromatic heterocycles. The van der Waals surface area contributed by atoms with Gasteiger partial charge in [-0.3, -0.25) is 0 Å². The second-order valence-electron chi connectivity index (χ2n) is 6.13. The highest BCUT2D eigenvalue weighted by molar-refractivity contribution is 5.41. The monoisotopic (exact) mass is 261 g/mol. The Morgan fingerprint density at radius 1 is 1.37 bits per heavy atom. The van der Waals surface area contributed by atoms with E-state index in [0.717, 1.165) is 24.6 Å². The van der Waals surface area contributed by atoms with E-state index in [1.807, 2.05) is 6.08 Å². The lowest BCUT2D eigenvalue weighted by Gasteiger charge is -2.27. The summed E-state index contributed by atoms with van der Waals surface area (Å²) in [6.45, 7) is 16.3. The highest BCUT2D eigenvalue weighted by Crippen LogP contribution is 2.15. The van der Waals surface area contributed by atoms with Crippen LogP contribution >= 0.6 is 0 Å². The van der Waals surface area contributed by atoms with Gasteiger partial charge in [0.25, 0.3) is 0 Å². The second kappa shape index (κ2) is 6.71. The molecular formula is C16H27N3. The molecule has 0 unspecified atom stereocenters. The lowest BCUT2D eigenvalue weighted by molar-refractivity contribution is 0.421. The van der Waals surface area contributed by atoms with Gasteiger partial charge in [0.2, 0.25) is 0 Å². The maximum absolute atomic E-state index is 4.73. The zero-order valence-electron chi connectivity index (χ0n) is 12.9. The zero-order chi connectivity index (χ0) is 14.5. The van der Waals surface area contributed by atoms with Crippen molar-refractivity contribution in [3.05, 3.63) is 36.5 Å². The van der Waals surface area contributed by atoms with E-state index in [1.54, 1.807) is 0 Å². The molecule has 1 heterocycles. The fourth-order valence-corrected chi connectivity index (χ4v) is 1.79. The summed E-state index contributed by atoms with van der Waals surface area (Å²) in [4.78, 5) is 6.98. The number of anilines is 1. The van der Waals surface area contributed by atoms with Crippen molar-refractivity contribution in [2.75, 3.05) is 11.4 Å². The van der Waals surface area contributed by atoms with Crippen molar-refractivity contribution < 1.29 is 0 Å². The summed E-state index contributed by atoms with van der Waals surface area (Å²) in [6, 6.07) is 6.61. The summed E-state index contributed by atoms with van der Waals surface area (Å²) < 4.78 is 0. The van der Waals surface area contributed by atoms with Gasteiger partial charge >= 0.3 is 0 Å². The van der Waals surface area contributed by atoms with Crippen molar-refractivity contribution in [2.24, 2.45) is 0 Å². The summed E-state index contributed by atoms with van der Waals surface area (Å²) >= 11 is 0. The minimum atomic E-state index is 0.108. The van der Waals surface area contributed by atoms with Crippen LogP contribution in [0.5, 0.6) is 0 Å². The predicted octanol–water partition coefficient (Wildman–Crippen LogP) is 3.37. The van der Waals surface area contributed by atoms with Crippen molar-refractivity contribution in [1.29, 1.82) is 0 Å². The first kappa shape index (κ1) is 15.7. The smallest absolute Gasteiger partial charge is 0.129 e. The van der Waals surface area contributed by atoms with Crippen LogP contribution < -0.4 is 10.2 Å². The first-order chi connectivity index (χ1) is 8.83. The average molecular weight is 261 g/mol. The fourth-order valence-electron chi connectivity index (χ4n) is 1.79. The van der Waals surface area contributed by atoms with Gasteiger partial charge in [0.15, 0.2) is 0 Å². The molecule has 0 aromatic carbocycles. The Morgan fingerprint density at radius 3 is 2.58 bits per heavy atom. The maximum atomic E-state index is 4.73. The molecule has 0 radical (unpaired) electrons. The molecule has 1 rings (SSSR count). The van der Waals surface area contributed by atoms with E-state index in [0.29, 0.717) is 6.04 Å². The van der Waals surface area contributed by atoms with Crippen molar-refractivity contribution in [3.63, 3.8) is 0 Å². The van der Waals surface area contributed by atoms with Gasteiger partial charge in [-0.2, -0.15) is 0 Å². The molecule has 0 saturated carbocycles. The summed E-state index contributed by atoms with van der Waals surface area (Å²) in [7, 11) is 0. The Hall–Kier alpha value is -1.35. The van der Waals surface area contributed by atoms with Crippen LogP contribution in [0.4, 0.5) is 5.82 Å². The number of rotatable bonds is 6. The van der Waals surface area contributed by atoms with E-state index in [-0.39, 0.29) is 5.54 Å². The van der Waals surface area contributed by atoms with Crippen LogP contribution in [0.3, 0.4) is 0 Å². The quantitative estimate of drug-likeness (QED) is 0.796. The minimum absolute atomic E-state index is 0.108. The largest absolute Gasteiger partial charge is 0.350 e. The number of aromatic nitrogens is 1. The maximum Gasteiger partial charge on any atom is 0.129 e. The van der Waals surface area contributed by atoms with Crippen LogP contribution in [0.15, 0.2) is 30.9 Å². The summed E-state index contributed by atoms with van der Waals surface area (Å²) in [6.07, 6.45) is 1.92. The first-order valence-corrected chi connectivity index (χ1v) is 6.92. The number of hydrogen-bond donors (Lipinski definition) is 1. The molecule has 0 aliphatic rings. The van der Waals surface area contributed by atoms with Gasteiger partial charge in [0.1, 0.15) is 5.82 Å². The highest BCUT2D eigenvalue weighted by Gasteiger charge is 2.12. The third-order valence-electron chi connectivity index (χ3n) is 2.84. The molecule has 0 aliphatic carbocycles.